The lowest BCUT2D eigenvalue weighted by Gasteiger charge is -2.46. The molecule has 1 spiro atoms. The molecule has 6 rings (SSSR count). The number of nitrogens with zero attached hydrogens (tertiary/aromatic N) is 6. The van der Waals surface area contributed by atoms with Crippen molar-refractivity contribution in [1.29, 1.82) is 0 Å². The third-order valence-corrected chi connectivity index (χ3v) is 7.22. The van der Waals surface area contributed by atoms with Crippen molar-refractivity contribution in [1.82, 2.24) is 19.4 Å². The molecule has 0 saturated carbocycles. The molecule has 2 aromatic heterocycles. The summed E-state index contributed by atoms with van der Waals surface area (Å²) in [5.74, 6) is -0.467. The lowest BCUT2D eigenvalue weighted by molar-refractivity contribution is -0.152. The fourth-order valence-electron chi connectivity index (χ4n) is 5.29. The van der Waals surface area contributed by atoms with Gasteiger partial charge in [-0.2, -0.15) is 18.2 Å². The van der Waals surface area contributed by atoms with E-state index in [1.54, 1.807) is 0 Å². The van der Waals surface area contributed by atoms with Crippen LogP contribution in [0.1, 0.15) is 16.8 Å². The highest BCUT2D eigenvalue weighted by atomic mass is 19.4. The van der Waals surface area contributed by atoms with Crippen molar-refractivity contribution in [2.75, 3.05) is 49.4 Å². The van der Waals surface area contributed by atoms with Gasteiger partial charge in [-0.05, 0) is 12.5 Å². The Hall–Kier alpha value is -3.26. The number of ketones is 1. The van der Waals surface area contributed by atoms with Gasteiger partial charge in [0.2, 0.25) is 11.8 Å². The van der Waals surface area contributed by atoms with Crippen molar-refractivity contribution in [3.05, 3.63) is 40.3 Å². The van der Waals surface area contributed by atoms with E-state index in [9.17, 15) is 27.2 Å². The molecular formula is C22H22F4N6O4. The van der Waals surface area contributed by atoms with Crippen LogP contribution >= 0.6 is 0 Å². The van der Waals surface area contributed by atoms with Crippen molar-refractivity contribution in [2.24, 2.45) is 0 Å². The Bertz CT molecular complexity index is 1250. The van der Waals surface area contributed by atoms with E-state index in [0.29, 0.717) is 13.3 Å². The first kappa shape index (κ1) is 23.2. The summed E-state index contributed by atoms with van der Waals surface area (Å²) in [6.45, 7) is -0.0535. The van der Waals surface area contributed by atoms with Crippen LogP contribution < -0.4 is 20.1 Å². The summed E-state index contributed by atoms with van der Waals surface area (Å²) < 4.78 is 66.2. The Labute approximate surface area is 202 Å². The van der Waals surface area contributed by atoms with Crippen LogP contribution in [0.3, 0.4) is 0 Å². The molecule has 0 bridgehead atoms. The number of aromatic nitrogens is 3. The topological polar surface area (TPSA) is 92.8 Å². The number of fused-ring (bicyclic) bond motifs is 1. The molecule has 36 heavy (non-hydrogen) atoms. The molecule has 0 aliphatic carbocycles. The Kier molecular flexibility index (Phi) is 5.23. The molecule has 4 aliphatic rings. The summed E-state index contributed by atoms with van der Waals surface area (Å²) in [5, 5.41) is 0. The first-order valence-corrected chi connectivity index (χ1v) is 11.5. The number of halogens is 4. The van der Waals surface area contributed by atoms with E-state index in [4.69, 9.17) is 9.47 Å². The summed E-state index contributed by atoms with van der Waals surface area (Å²) in [4.78, 5) is 39.1. The summed E-state index contributed by atoms with van der Waals surface area (Å²) in [7, 11) is 0. The van der Waals surface area contributed by atoms with Gasteiger partial charge in [-0.3, -0.25) is 19.1 Å². The van der Waals surface area contributed by atoms with Gasteiger partial charge in [0.05, 0.1) is 13.1 Å². The lowest BCUT2D eigenvalue weighted by atomic mass is 9.99. The van der Waals surface area contributed by atoms with Gasteiger partial charge in [0.15, 0.2) is 5.78 Å². The van der Waals surface area contributed by atoms with E-state index < -0.39 is 43.2 Å². The Morgan fingerprint density at radius 3 is 2.81 bits per heavy atom. The minimum absolute atomic E-state index is 0.0250. The van der Waals surface area contributed by atoms with Crippen molar-refractivity contribution in [3.63, 3.8) is 0 Å². The molecule has 4 aliphatic heterocycles. The Balaban J connectivity index is 1.31. The minimum Gasteiger partial charge on any atom is -0.475 e. The molecule has 6 heterocycles. The number of ether oxygens (including phenoxy) is 2. The van der Waals surface area contributed by atoms with E-state index >= 15 is 0 Å². The number of carbonyl (C=O) groups is 1. The molecule has 3 unspecified atom stereocenters. The van der Waals surface area contributed by atoms with E-state index in [-0.39, 0.29) is 48.1 Å². The van der Waals surface area contributed by atoms with Crippen LogP contribution in [0.15, 0.2) is 29.2 Å². The number of hydrogen-bond donors (Lipinski definition) is 0. The maximum absolute atomic E-state index is 14.0. The fraction of sp³-hybridized carbons (Fsp3) is 0.545. The molecule has 0 N–H and O–H groups in total. The van der Waals surface area contributed by atoms with Crippen molar-refractivity contribution < 1.29 is 31.8 Å². The average Bonchev–Trinajstić information content (AvgIpc) is 3.53. The van der Waals surface area contributed by atoms with Gasteiger partial charge in [0.1, 0.15) is 43.6 Å². The number of rotatable bonds is 7. The first-order valence-electron chi connectivity index (χ1n) is 11.5. The molecule has 10 nitrogen and oxygen atoms in total. The standard InChI is InChI=1S/C22H22F4N6O4/c23-4-6-35-18-2-1-13(8-27-18)14(33)9-31-15(22(24,25)26)3-5-30-19(34)7-17(28-20(30)31)32-10-16-21(32)11-29(21)12-36-16/h1-2,7-8,15-16H,3-6,9-12H2/t15-,16?,21?,29?/m0/s1. The van der Waals surface area contributed by atoms with Crippen LogP contribution in [0.4, 0.5) is 29.3 Å². The van der Waals surface area contributed by atoms with Gasteiger partial charge in [-0.25, -0.2) is 9.37 Å². The number of hydrogen-bond acceptors (Lipinski definition) is 9. The normalized spacial score (nSPS) is 28.2. The molecular weight excluding hydrogens is 488 g/mol. The Morgan fingerprint density at radius 2 is 2.14 bits per heavy atom. The molecule has 3 saturated heterocycles. The highest BCUT2D eigenvalue weighted by molar-refractivity contribution is 5.99. The number of Topliss-reactive ketones (excluding diaryl/α,β-unsaturated/α-hetero) is 1. The van der Waals surface area contributed by atoms with Gasteiger partial charge in [0.25, 0.3) is 5.56 Å². The van der Waals surface area contributed by atoms with Crippen molar-refractivity contribution in [2.45, 2.75) is 37.0 Å². The van der Waals surface area contributed by atoms with Crippen LogP contribution in [0.2, 0.25) is 0 Å². The summed E-state index contributed by atoms with van der Waals surface area (Å²) >= 11 is 0. The molecule has 14 heteroatoms. The molecule has 192 valence electrons. The average molecular weight is 510 g/mol. The smallest absolute Gasteiger partial charge is 0.408 e. The van der Waals surface area contributed by atoms with Gasteiger partial charge in [0, 0.05) is 37.0 Å². The number of carbonyl (C=O) groups excluding carboxylic acids is 1. The molecule has 0 amide bonds. The third kappa shape index (κ3) is 3.53. The minimum atomic E-state index is -4.64. The molecule has 0 radical (unpaired) electrons. The molecule has 3 fully saturated rings. The summed E-state index contributed by atoms with van der Waals surface area (Å²) in [6.07, 6.45) is -3.89. The van der Waals surface area contributed by atoms with Crippen LogP contribution in [-0.4, -0.2) is 88.8 Å². The SMILES string of the molecule is O=C(CN1c2nc(N3CC4OCN5CC453)cc(=O)n2CC[C@H]1C(F)(F)F)c1ccc(OCCF)nc1. The second kappa shape index (κ2) is 8.13. The molecule has 4 atom stereocenters. The van der Waals surface area contributed by atoms with Crippen LogP contribution in [0, 0.1) is 0 Å². The summed E-state index contributed by atoms with van der Waals surface area (Å²) in [5.41, 5.74) is -0.801. The van der Waals surface area contributed by atoms with E-state index in [1.165, 1.54) is 29.0 Å². The quantitative estimate of drug-likeness (QED) is 0.310. The van der Waals surface area contributed by atoms with Gasteiger partial charge in [-0.1, -0.05) is 0 Å². The zero-order chi connectivity index (χ0) is 25.2. The number of anilines is 2. The maximum Gasteiger partial charge on any atom is 0.408 e. The van der Waals surface area contributed by atoms with E-state index in [0.717, 1.165) is 11.4 Å². The van der Waals surface area contributed by atoms with E-state index in [1.807, 2.05) is 4.90 Å². The largest absolute Gasteiger partial charge is 0.475 e. The second-order valence-corrected chi connectivity index (χ2v) is 9.20. The van der Waals surface area contributed by atoms with Crippen LogP contribution in [0.25, 0.3) is 0 Å². The monoisotopic (exact) mass is 510 g/mol. The zero-order valence-electron chi connectivity index (χ0n) is 18.9. The zero-order valence-corrected chi connectivity index (χ0v) is 18.9. The van der Waals surface area contributed by atoms with Crippen LogP contribution in [-0.2, 0) is 11.3 Å². The lowest BCUT2D eigenvalue weighted by Crippen LogP contribution is -2.64. The predicted molar refractivity (Wildman–Crippen MR) is 117 cm³/mol. The Morgan fingerprint density at radius 1 is 1.31 bits per heavy atom. The number of pyridine rings is 1. The molecule has 2 aromatic rings. The van der Waals surface area contributed by atoms with Gasteiger partial charge < -0.3 is 19.3 Å². The van der Waals surface area contributed by atoms with Crippen LogP contribution in [0.5, 0.6) is 5.88 Å². The van der Waals surface area contributed by atoms with Gasteiger partial charge in [-0.15, -0.1) is 0 Å². The van der Waals surface area contributed by atoms with Crippen molar-refractivity contribution >= 4 is 17.5 Å². The second-order valence-electron chi connectivity index (χ2n) is 9.20. The van der Waals surface area contributed by atoms with E-state index in [2.05, 4.69) is 14.9 Å². The van der Waals surface area contributed by atoms with Gasteiger partial charge >= 0.3 is 6.18 Å². The highest BCUT2D eigenvalue weighted by Crippen LogP contribution is 2.53. The van der Waals surface area contributed by atoms with Crippen molar-refractivity contribution in [3.8, 4) is 5.88 Å². The summed E-state index contributed by atoms with van der Waals surface area (Å²) in [6, 6.07) is 2.04. The molecule has 0 aromatic carbocycles. The maximum atomic E-state index is 14.0. The highest BCUT2D eigenvalue weighted by Gasteiger charge is 2.73. The predicted octanol–water partition coefficient (Wildman–Crippen LogP) is 1.20. The first-order chi connectivity index (χ1) is 17.2. The third-order valence-electron chi connectivity index (χ3n) is 7.22. The fourth-order valence-corrected chi connectivity index (χ4v) is 5.29. The number of alkyl halides is 4.